The van der Waals surface area contributed by atoms with Crippen LogP contribution in [-0.4, -0.2) is 28.0 Å². The number of likely N-dealkylation sites (tertiary alicyclic amines) is 1. The molecule has 0 aliphatic carbocycles. The largest absolute Gasteiger partial charge is 0.465 e. The second-order valence-corrected chi connectivity index (χ2v) is 7.79. The second-order valence-electron chi connectivity index (χ2n) is 7.79. The summed E-state index contributed by atoms with van der Waals surface area (Å²) in [5, 5.41) is 12.2. The lowest BCUT2D eigenvalue weighted by atomic mass is 9.93. The molecule has 0 saturated carbocycles. The number of hydrogen-bond donors (Lipinski definition) is 1. The monoisotopic (exact) mass is 401 g/mol. The molecule has 4 rings (SSSR count). The fourth-order valence-electron chi connectivity index (χ4n) is 3.93. The molecule has 1 aliphatic rings. The SMILES string of the molecule is CCCc1ccc(CN2CCC(c3cccc(Nc4ccc(C#N)nc4)n3)CC2)o1. The van der Waals surface area contributed by atoms with Gasteiger partial charge < -0.3 is 9.73 Å². The number of aryl methyl sites for hydroxylation is 1. The number of nitrogens with one attached hydrogen (secondary N) is 1. The van der Waals surface area contributed by atoms with Gasteiger partial charge in [0.15, 0.2) is 0 Å². The van der Waals surface area contributed by atoms with Crippen LogP contribution in [-0.2, 0) is 13.0 Å². The van der Waals surface area contributed by atoms with Gasteiger partial charge in [-0.25, -0.2) is 9.97 Å². The standard InChI is InChI=1S/C24H27N5O/c1-2-4-21-9-10-22(30-21)17-29-13-11-18(12-14-29)23-5-3-6-24(28-23)27-20-8-7-19(15-25)26-16-20/h3,5-10,16,18H,2,4,11-14,17H2,1H3,(H,27,28). The van der Waals surface area contributed by atoms with E-state index in [1.807, 2.05) is 24.3 Å². The van der Waals surface area contributed by atoms with Crippen molar-refractivity contribution in [1.82, 2.24) is 14.9 Å². The molecule has 0 unspecified atom stereocenters. The molecule has 4 heterocycles. The maximum atomic E-state index is 8.87. The highest BCUT2D eigenvalue weighted by Gasteiger charge is 2.22. The van der Waals surface area contributed by atoms with Crippen LogP contribution in [0.15, 0.2) is 53.1 Å². The lowest BCUT2D eigenvalue weighted by Gasteiger charge is -2.31. The summed E-state index contributed by atoms with van der Waals surface area (Å²) in [7, 11) is 0. The van der Waals surface area contributed by atoms with E-state index in [1.54, 1.807) is 12.3 Å². The fourth-order valence-corrected chi connectivity index (χ4v) is 3.93. The van der Waals surface area contributed by atoms with Gasteiger partial charge in [0, 0.05) is 18.0 Å². The van der Waals surface area contributed by atoms with E-state index < -0.39 is 0 Å². The molecule has 0 spiro atoms. The first kappa shape index (κ1) is 20.1. The molecule has 1 fully saturated rings. The Labute approximate surface area is 177 Å². The number of aromatic nitrogens is 2. The number of hydrogen-bond acceptors (Lipinski definition) is 6. The van der Waals surface area contributed by atoms with Crippen molar-refractivity contribution in [1.29, 1.82) is 5.26 Å². The topological polar surface area (TPSA) is 78.0 Å². The lowest BCUT2D eigenvalue weighted by Crippen LogP contribution is -2.32. The van der Waals surface area contributed by atoms with Gasteiger partial charge in [-0.1, -0.05) is 13.0 Å². The van der Waals surface area contributed by atoms with Crippen LogP contribution in [0.4, 0.5) is 11.5 Å². The van der Waals surface area contributed by atoms with E-state index in [1.165, 1.54) is 0 Å². The Morgan fingerprint density at radius 2 is 1.97 bits per heavy atom. The van der Waals surface area contributed by atoms with Gasteiger partial charge in [0.25, 0.3) is 0 Å². The number of anilines is 2. The third-order valence-corrected chi connectivity index (χ3v) is 5.52. The van der Waals surface area contributed by atoms with Crippen LogP contribution in [0.2, 0.25) is 0 Å². The zero-order valence-corrected chi connectivity index (χ0v) is 17.3. The van der Waals surface area contributed by atoms with Gasteiger partial charge in [0.1, 0.15) is 29.1 Å². The summed E-state index contributed by atoms with van der Waals surface area (Å²) in [4.78, 5) is 11.4. The molecule has 154 valence electrons. The number of piperidine rings is 1. The Balaban J connectivity index is 1.32. The first-order valence-electron chi connectivity index (χ1n) is 10.6. The molecule has 3 aromatic heterocycles. The predicted octanol–water partition coefficient (Wildman–Crippen LogP) is 5.02. The van der Waals surface area contributed by atoms with Crippen LogP contribution in [0.3, 0.4) is 0 Å². The first-order valence-corrected chi connectivity index (χ1v) is 10.6. The van der Waals surface area contributed by atoms with E-state index in [0.717, 1.165) is 74.0 Å². The zero-order valence-electron chi connectivity index (χ0n) is 17.3. The normalized spacial score (nSPS) is 15.1. The van der Waals surface area contributed by atoms with Crippen molar-refractivity contribution < 1.29 is 4.42 Å². The predicted molar refractivity (Wildman–Crippen MR) is 116 cm³/mol. The third-order valence-electron chi connectivity index (χ3n) is 5.52. The molecule has 6 nitrogen and oxygen atoms in total. The zero-order chi connectivity index (χ0) is 20.8. The first-order chi connectivity index (χ1) is 14.7. The highest BCUT2D eigenvalue weighted by molar-refractivity contribution is 5.55. The lowest BCUT2D eigenvalue weighted by molar-refractivity contribution is 0.188. The van der Waals surface area contributed by atoms with Gasteiger partial charge >= 0.3 is 0 Å². The summed E-state index contributed by atoms with van der Waals surface area (Å²) in [5.41, 5.74) is 2.36. The summed E-state index contributed by atoms with van der Waals surface area (Å²) in [5.74, 6) is 3.43. The van der Waals surface area contributed by atoms with Gasteiger partial charge in [0.2, 0.25) is 0 Å². The van der Waals surface area contributed by atoms with Crippen LogP contribution < -0.4 is 5.32 Å². The maximum absolute atomic E-state index is 8.87. The molecule has 3 aromatic rings. The molecule has 0 amide bonds. The Morgan fingerprint density at radius 1 is 1.13 bits per heavy atom. The van der Waals surface area contributed by atoms with Gasteiger partial charge in [0.05, 0.1) is 18.4 Å². The number of furan rings is 1. The number of pyridine rings is 2. The van der Waals surface area contributed by atoms with E-state index in [0.29, 0.717) is 11.6 Å². The highest BCUT2D eigenvalue weighted by Crippen LogP contribution is 2.29. The maximum Gasteiger partial charge on any atom is 0.140 e. The minimum atomic E-state index is 0.408. The summed E-state index contributed by atoms with van der Waals surface area (Å²) < 4.78 is 5.94. The summed E-state index contributed by atoms with van der Waals surface area (Å²) in [6.45, 7) is 5.16. The number of nitriles is 1. The molecule has 1 N–H and O–H groups in total. The smallest absolute Gasteiger partial charge is 0.140 e. The van der Waals surface area contributed by atoms with Crippen molar-refractivity contribution in [3.63, 3.8) is 0 Å². The third kappa shape index (κ3) is 5.05. The average Bonchev–Trinajstić information content (AvgIpc) is 3.22. The van der Waals surface area contributed by atoms with Crippen molar-refractivity contribution >= 4 is 11.5 Å². The minimum Gasteiger partial charge on any atom is -0.465 e. The van der Waals surface area contributed by atoms with Crippen LogP contribution in [0.1, 0.15) is 55.0 Å². The number of nitrogens with zero attached hydrogens (tertiary/aromatic N) is 4. The Bertz CT molecular complexity index is 997. The van der Waals surface area contributed by atoms with E-state index in [-0.39, 0.29) is 0 Å². The van der Waals surface area contributed by atoms with Crippen LogP contribution in [0, 0.1) is 11.3 Å². The quantitative estimate of drug-likeness (QED) is 0.599. The molecule has 6 heteroatoms. The number of rotatable bonds is 7. The average molecular weight is 402 g/mol. The van der Waals surface area contributed by atoms with Gasteiger partial charge in [-0.15, -0.1) is 0 Å². The molecule has 30 heavy (non-hydrogen) atoms. The Morgan fingerprint density at radius 3 is 2.70 bits per heavy atom. The molecule has 0 bridgehead atoms. The molecule has 0 aromatic carbocycles. The van der Waals surface area contributed by atoms with Crippen LogP contribution in [0.25, 0.3) is 0 Å². The molecular weight excluding hydrogens is 374 g/mol. The van der Waals surface area contributed by atoms with Gasteiger partial charge in [-0.05, 0) is 68.8 Å². The molecule has 1 aliphatic heterocycles. The van der Waals surface area contributed by atoms with E-state index >= 15 is 0 Å². The summed E-state index contributed by atoms with van der Waals surface area (Å²) in [6.07, 6.45) is 5.97. The highest BCUT2D eigenvalue weighted by atomic mass is 16.3. The summed E-state index contributed by atoms with van der Waals surface area (Å²) >= 11 is 0. The van der Waals surface area contributed by atoms with Crippen LogP contribution in [0.5, 0.6) is 0 Å². The Hall–Kier alpha value is -3.17. The van der Waals surface area contributed by atoms with Crippen LogP contribution >= 0.6 is 0 Å². The minimum absolute atomic E-state index is 0.408. The van der Waals surface area contributed by atoms with Crippen molar-refractivity contribution in [2.45, 2.75) is 45.1 Å². The van der Waals surface area contributed by atoms with Gasteiger partial charge in [-0.3, -0.25) is 4.90 Å². The van der Waals surface area contributed by atoms with Crippen molar-refractivity contribution in [2.24, 2.45) is 0 Å². The molecule has 1 saturated heterocycles. The Kier molecular flexibility index (Phi) is 6.41. The van der Waals surface area contributed by atoms with Crippen molar-refractivity contribution in [2.75, 3.05) is 18.4 Å². The van der Waals surface area contributed by atoms with E-state index in [2.05, 4.69) is 40.3 Å². The van der Waals surface area contributed by atoms with Gasteiger partial charge in [-0.2, -0.15) is 5.26 Å². The molecule has 0 radical (unpaired) electrons. The van der Waals surface area contributed by atoms with Crippen molar-refractivity contribution in [3.05, 3.63) is 71.6 Å². The van der Waals surface area contributed by atoms with E-state index in [4.69, 9.17) is 14.7 Å². The summed E-state index contributed by atoms with van der Waals surface area (Å²) in [6, 6.07) is 15.9. The van der Waals surface area contributed by atoms with E-state index in [9.17, 15) is 0 Å². The fraction of sp³-hybridized carbons (Fsp3) is 0.375. The second kappa shape index (κ2) is 9.55. The molecular formula is C24H27N5O. The molecule has 0 atom stereocenters. The van der Waals surface area contributed by atoms with Crippen molar-refractivity contribution in [3.8, 4) is 6.07 Å².